The Morgan fingerprint density at radius 3 is 2.12 bits per heavy atom. The maximum absolute atomic E-state index is 3.10. The predicted octanol–water partition coefficient (Wildman–Crippen LogP) is 4.46. The SMILES string of the molecule is CC(C)=C=CC#Cc1ccc(C(C)(C)C)cc1. The Hall–Kier alpha value is -1.70. The van der Waals surface area contributed by atoms with Gasteiger partial charge in [0.05, 0.1) is 0 Å². The second-order valence-electron chi connectivity index (χ2n) is 5.39. The van der Waals surface area contributed by atoms with Crippen molar-refractivity contribution >= 4 is 0 Å². The molecule has 0 N–H and O–H groups in total. The average Bonchev–Trinajstić information content (AvgIpc) is 2.23. The van der Waals surface area contributed by atoms with Gasteiger partial charge in [0, 0.05) is 11.6 Å². The summed E-state index contributed by atoms with van der Waals surface area (Å²) in [5.74, 6) is 6.08. The van der Waals surface area contributed by atoms with E-state index in [0.29, 0.717) is 0 Å². The van der Waals surface area contributed by atoms with E-state index >= 15 is 0 Å². The summed E-state index contributed by atoms with van der Waals surface area (Å²) in [6.45, 7) is 10.7. The van der Waals surface area contributed by atoms with E-state index in [0.717, 1.165) is 11.1 Å². The van der Waals surface area contributed by atoms with E-state index in [1.54, 1.807) is 6.08 Å². The highest BCUT2D eigenvalue weighted by Crippen LogP contribution is 2.21. The van der Waals surface area contributed by atoms with Crippen molar-refractivity contribution in [3.05, 3.63) is 52.8 Å². The van der Waals surface area contributed by atoms with Crippen molar-refractivity contribution in [1.82, 2.24) is 0 Å². The Morgan fingerprint density at radius 1 is 1.06 bits per heavy atom. The van der Waals surface area contributed by atoms with Crippen LogP contribution in [0.4, 0.5) is 0 Å². The monoisotopic (exact) mass is 224 g/mol. The van der Waals surface area contributed by atoms with Gasteiger partial charge in [0.2, 0.25) is 0 Å². The standard InChI is InChI=1S/C17H20/c1-14(2)8-6-7-9-15-10-12-16(13-11-15)17(3,4)5/h6,10-13H,1-5H3. The highest BCUT2D eigenvalue weighted by Gasteiger charge is 2.12. The lowest BCUT2D eigenvalue weighted by atomic mass is 9.87. The van der Waals surface area contributed by atoms with Crippen molar-refractivity contribution in [2.75, 3.05) is 0 Å². The van der Waals surface area contributed by atoms with Crippen LogP contribution in [0.25, 0.3) is 0 Å². The smallest absolute Gasteiger partial charge is 0.0305 e. The molecule has 0 bridgehead atoms. The Labute approximate surface area is 105 Å². The molecule has 0 atom stereocenters. The first kappa shape index (κ1) is 13.4. The molecule has 0 heterocycles. The molecule has 0 aliphatic carbocycles. The van der Waals surface area contributed by atoms with Crippen molar-refractivity contribution < 1.29 is 0 Å². The average molecular weight is 224 g/mol. The van der Waals surface area contributed by atoms with E-state index in [-0.39, 0.29) is 5.41 Å². The molecule has 17 heavy (non-hydrogen) atoms. The van der Waals surface area contributed by atoms with Crippen molar-refractivity contribution in [2.24, 2.45) is 0 Å². The summed E-state index contributed by atoms with van der Waals surface area (Å²) in [5.41, 5.74) is 6.79. The number of hydrogen-bond acceptors (Lipinski definition) is 0. The van der Waals surface area contributed by atoms with Crippen LogP contribution in [-0.4, -0.2) is 0 Å². The lowest BCUT2D eigenvalue weighted by Crippen LogP contribution is -2.10. The van der Waals surface area contributed by atoms with E-state index in [9.17, 15) is 0 Å². The first-order chi connectivity index (χ1) is 7.89. The highest BCUT2D eigenvalue weighted by molar-refractivity contribution is 5.39. The summed E-state index contributed by atoms with van der Waals surface area (Å²) in [4.78, 5) is 0. The zero-order valence-electron chi connectivity index (χ0n) is 11.4. The molecule has 0 saturated carbocycles. The molecule has 0 saturated heterocycles. The highest BCUT2D eigenvalue weighted by atomic mass is 14.2. The van der Waals surface area contributed by atoms with Crippen molar-refractivity contribution in [3.63, 3.8) is 0 Å². The van der Waals surface area contributed by atoms with E-state index in [1.165, 1.54) is 5.56 Å². The third-order valence-electron chi connectivity index (χ3n) is 2.40. The molecule has 0 fully saturated rings. The van der Waals surface area contributed by atoms with Gasteiger partial charge in [0.1, 0.15) is 0 Å². The molecule has 0 aromatic heterocycles. The zero-order chi connectivity index (χ0) is 12.9. The van der Waals surface area contributed by atoms with Crippen molar-refractivity contribution in [2.45, 2.75) is 40.0 Å². The van der Waals surface area contributed by atoms with Gasteiger partial charge < -0.3 is 0 Å². The second kappa shape index (κ2) is 5.58. The van der Waals surface area contributed by atoms with Crippen LogP contribution >= 0.6 is 0 Å². The predicted molar refractivity (Wildman–Crippen MR) is 75.0 cm³/mol. The number of allylic oxidation sites excluding steroid dienone is 1. The fourth-order valence-electron chi connectivity index (χ4n) is 1.35. The third-order valence-corrected chi connectivity index (χ3v) is 2.40. The first-order valence-electron chi connectivity index (χ1n) is 5.90. The zero-order valence-corrected chi connectivity index (χ0v) is 11.4. The number of rotatable bonds is 0. The quantitative estimate of drug-likeness (QED) is 0.451. The summed E-state index contributed by atoms with van der Waals surface area (Å²) in [6, 6.07) is 8.44. The summed E-state index contributed by atoms with van der Waals surface area (Å²) < 4.78 is 0. The number of hydrogen-bond donors (Lipinski definition) is 0. The second-order valence-corrected chi connectivity index (χ2v) is 5.39. The molecular weight excluding hydrogens is 204 g/mol. The first-order valence-corrected chi connectivity index (χ1v) is 5.90. The molecule has 0 heteroatoms. The lowest BCUT2D eigenvalue weighted by molar-refractivity contribution is 0.590. The Bertz CT molecular complexity index is 486. The van der Waals surface area contributed by atoms with Gasteiger partial charge in [0.25, 0.3) is 0 Å². The van der Waals surface area contributed by atoms with Gasteiger partial charge in [-0.15, -0.1) is 5.73 Å². The number of benzene rings is 1. The van der Waals surface area contributed by atoms with Gasteiger partial charge >= 0.3 is 0 Å². The minimum atomic E-state index is 0.202. The molecule has 0 amide bonds. The molecule has 1 aromatic rings. The van der Waals surface area contributed by atoms with E-state index in [4.69, 9.17) is 0 Å². The molecule has 0 aliphatic rings. The molecule has 0 nitrogen and oxygen atoms in total. The molecule has 1 rings (SSSR count). The maximum atomic E-state index is 3.10. The maximum Gasteiger partial charge on any atom is 0.0305 e. The topological polar surface area (TPSA) is 0 Å². The van der Waals surface area contributed by atoms with Gasteiger partial charge in [-0.2, -0.15) is 0 Å². The van der Waals surface area contributed by atoms with Crippen LogP contribution in [0.3, 0.4) is 0 Å². The lowest BCUT2D eigenvalue weighted by Gasteiger charge is -2.18. The molecule has 0 spiro atoms. The largest absolute Gasteiger partial charge is 0.113 e. The Morgan fingerprint density at radius 2 is 1.65 bits per heavy atom. The third kappa shape index (κ3) is 4.77. The minimum absolute atomic E-state index is 0.202. The minimum Gasteiger partial charge on any atom is -0.113 e. The normalized spacial score (nSPS) is 9.94. The Balaban J connectivity index is 2.86. The Kier molecular flexibility index (Phi) is 4.38. The molecule has 0 radical (unpaired) electrons. The molecular formula is C17H20. The van der Waals surface area contributed by atoms with Crippen LogP contribution in [0.1, 0.15) is 45.7 Å². The summed E-state index contributed by atoms with van der Waals surface area (Å²) in [6.07, 6.45) is 1.77. The summed E-state index contributed by atoms with van der Waals surface area (Å²) in [7, 11) is 0. The van der Waals surface area contributed by atoms with Crippen LogP contribution in [-0.2, 0) is 5.41 Å². The molecule has 0 unspecified atom stereocenters. The molecule has 88 valence electrons. The van der Waals surface area contributed by atoms with E-state index in [1.807, 2.05) is 13.8 Å². The molecule has 0 aliphatic heterocycles. The van der Waals surface area contributed by atoms with Gasteiger partial charge in [-0.3, -0.25) is 0 Å². The fraction of sp³-hybridized carbons (Fsp3) is 0.353. The molecule has 1 aromatic carbocycles. The fourth-order valence-corrected chi connectivity index (χ4v) is 1.35. The van der Waals surface area contributed by atoms with Crippen LogP contribution < -0.4 is 0 Å². The van der Waals surface area contributed by atoms with Crippen molar-refractivity contribution in [3.8, 4) is 11.8 Å². The van der Waals surface area contributed by atoms with Crippen LogP contribution in [0.15, 0.2) is 41.6 Å². The van der Waals surface area contributed by atoms with E-state index in [2.05, 4.69) is 62.6 Å². The van der Waals surface area contributed by atoms with Crippen molar-refractivity contribution in [1.29, 1.82) is 0 Å². The van der Waals surface area contributed by atoms with Gasteiger partial charge in [-0.05, 0) is 42.5 Å². The van der Waals surface area contributed by atoms with Gasteiger partial charge in [-0.1, -0.05) is 44.7 Å². The summed E-state index contributed by atoms with van der Waals surface area (Å²) in [5, 5.41) is 0. The van der Waals surface area contributed by atoms with Gasteiger partial charge in [0.15, 0.2) is 0 Å². The summed E-state index contributed by atoms with van der Waals surface area (Å²) >= 11 is 0. The van der Waals surface area contributed by atoms with Crippen LogP contribution in [0, 0.1) is 11.8 Å². The van der Waals surface area contributed by atoms with E-state index < -0.39 is 0 Å². The van der Waals surface area contributed by atoms with Crippen LogP contribution in [0.5, 0.6) is 0 Å². The van der Waals surface area contributed by atoms with Gasteiger partial charge in [-0.25, -0.2) is 0 Å². The van der Waals surface area contributed by atoms with Crippen LogP contribution in [0.2, 0.25) is 0 Å².